The van der Waals surface area contributed by atoms with Crippen molar-refractivity contribution in [2.45, 2.75) is 18.5 Å². The second kappa shape index (κ2) is 8.57. The van der Waals surface area contributed by atoms with Crippen molar-refractivity contribution >= 4 is 35.8 Å². The zero-order valence-corrected chi connectivity index (χ0v) is 24.8. The van der Waals surface area contributed by atoms with Gasteiger partial charge in [-0.3, -0.25) is 0 Å². The Balaban J connectivity index is 1.46. The SMILES string of the molecule is C[SiH](C)c1ccc(-c2cccc3c2Oc2ccccc2C32c3ccccc3-n3c4ccccc4c4cccc2c43)cc1. The molecule has 42 heavy (non-hydrogen) atoms. The number of aromatic nitrogens is 1. The van der Waals surface area contributed by atoms with Crippen LogP contribution in [0.4, 0.5) is 0 Å². The van der Waals surface area contributed by atoms with Crippen LogP contribution in [0.15, 0.2) is 133 Å². The van der Waals surface area contributed by atoms with Crippen LogP contribution in [-0.2, 0) is 5.41 Å². The minimum atomic E-state index is -0.882. The van der Waals surface area contributed by atoms with E-state index in [-0.39, 0.29) is 0 Å². The van der Waals surface area contributed by atoms with Crippen LogP contribution in [0.2, 0.25) is 13.1 Å². The summed E-state index contributed by atoms with van der Waals surface area (Å²) in [5, 5.41) is 4.04. The zero-order chi connectivity index (χ0) is 28.0. The summed E-state index contributed by atoms with van der Waals surface area (Å²) in [4.78, 5) is 0. The molecule has 6 aromatic carbocycles. The number of hydrogen-bond acceptors (Lipinski definition) is 1. The molecule has 0 amide bonds. The van der Waals surface area contributed by atoms with Crippen molar-refractivity contribution < 1.29 is 4.74 Å². The molecule has 3 heterocycles. The summed E-state index contributed by atoms with van der Waals surface area (Å²) < 4.78 is 9.41. The highest BCUT2D eigenvalue weighted by Gasteiger charge is 2.50. The molecule has 1 spiro atoms. The summed E-state index contributed by atoms with van der Waals surface area (Å²) in [6.45, 7) is 4.76. The van der Waals surface area contributed by atoms with Gasteiger partial charge >= 0.3 is 0 Å². The molecule has 1 atom stereocenters. The van der Waals surface area contributed by atoms with E-state index in [9.17, 15) is 0 Å². The maximum absolute atomic E-state index is 6.93. The first-order chi connectivity index (χ1) is 20.7. The molecular formula is C39H29NOSi. The van der Waals surface area contributed by atoms with Crippen LogP contribution in [0, 0.1) is 0 Å². The third-order valence-electron chi connectivity index (χ3n) is 9.46. The summed E-state index contributed by atoms with van der Waals surface area (Å²) in [6.07, 6.45) is 0. The van der Waals surface area contributed by atoms with Crippen LogP contribution in [0.1, 0.15) is 22.3 Å². The van der Waals surface area contributed by atoms with Gasteiger partial charge in [-0.1, -0.05) is 134 Å². The predicted molar refractivity (Wildman–Crippen MR) is 177 cm³/mol. The fourth-order valence-corrected chi connectivity index (χ4v) is 8.58. The van der Waals surface area contributed by atoms with Crippen LogP contribution in [0.25, 0.3) is 38.6 Å². The maximum atomic E-state index is 6.93. The van der Waals surface area contributed by atoms with Gasteiger partial charge in [0, 0.05) is 27.5 Å². The number of hydrogen-bond donors (Lipinski definition) is 0. The summed E-state index contributed by atoms with van der Waals surface area (Å²) in [6, 6.07) is 49.2. The predicted octanol–water partition coefficient (Wildman–Crippen LogP) is 8.95. The van der Waals surface area contributed by atoms with Crippen LogP contribution in [0.3, 0.4) is 0 Å². The van der Waals surface area contributed by atoms with Gasteiger partial charge in [0.25, 0.3) is 0 Å². The van der Waals surface area contributed by atoms with Crippen molar-refractivity contribution in [3.8, 4) is 28.3 Å². The van der Waals surface area contributed by atoms with Crippen LogP contribution < -0.4 is 9.92 Å². The minimum Gasteiger partial charge on any atom is -0.456 e. The average Bonchev–Trinajstić information content (AvgIpc) is 3.38. The van der Waals surface area contributed by atoms with Crippen molar-refractivity contribution in [2.24, 2.45) is 0 Å². The summed E-state index contributed by atoms with van der Waals surface area (Å²) in [7, 11) is -0.882. The van der Waals surface area contributed by atoms with E-state index in [1.54, 1.807) is 0 Å². The van der Waals surface area contributed by atoms with E-state index < -0.39 is 14.2 Å². The van der Waals surface area contributed by atoms with Gasteiger partial charge in [-0.25, -0.2) is 0 Å². The first-order valence-corrected chi connectivity index (χ1v) is 17.7. The molecular weight excluding hydrogens is 527 g/mol. The van der Waals surface area contributed by atoms with Gasteiger partial charge in [-0.15, -0.1) is 0 Å². The highest BCUT2D eigenvalue weighted by Crippen LogP contribution is 2.61. The van der Waals surface area contributed by atoms with E-state index in [2.05, 4.69) is 151 Å². The van der Waals surface area contributed by atoms with Crippen molar-refractivity contribution in [3.05, 3.63) is 156 Å². The molecule has 7 aromatic rings. The summed E-state index contributed by atoms with van der Waals surface area (Å²) >= 11 is 0. The number of nitrogens with zero attached hydrogens (tertiary/aromatic N) is 1. The zero-order valence-electron chi connectivity index (χ0n) is 23.6. The molecule has 200 valence electrons. The molecule has 0 bridgehead atoms. The van der Waals surface area contributed by atoms with Gasteiger partial charge in [0.05, 0.1) is 30.9 Å². The molecule has 1 unspecified atom stereocenters. The van der Waals surface area contributed by atoms with E-state index in [0.717, 1.165) is 17.1 Å². The molecule has 2 aliphatic heterocycles. The standard InChI is InChI=1S/C39H29NOSi/c1-42(2)26-23-21-25(22-24-26)27-12-9-17-33-38(27)41-36-20-8-5-15-31(36)39(33)30-14-4-7-19-35(30)40-34-18-6-3-11-28(34)29-13-10-16-32(39)37(29)40/h3-24,42H,1-2H3. The summed E-state index contributed by atoms with van der Waals surface area (Å²) in [5.74, 6) is 1.86. The molecule has 0 radical (unpaired) electrons. The van der Waals surface area contributed by atoms with E-state index in [4.69, 9.17) is 4.74 Å². The molecule has 3 heteroatoms. The first-order valence-electron chi connectivity index (χ1n) is 14.8. The quantitative estimate of drug-likeness (QED) is 0.194. The molecule has 2 aliphatic rings. The third kappa shape index (κ3) is 2.93. The highest BCUT2D eigenvalue weighted by atomic mass is 28.3. The van der Waals surface area contributed by atoms with Gasteiger partial charge in [-0.05, 0) is 34.9 Å². The first kappa shape index (κ1) is 23.8. The normalized spacial score (nSPS) is 16.4. The smallest absolute Gasteiger partial charge is 0.140 e. The van der Waals surface area contributed by atoms with Crippen molar-refractivity contribution in [1.29, 1.82) is 0 Å². The fraction of sp³-hybridized carbons (Fsp3) is 0.0769. The Bertz CT molecular complexity index is 2210. The number of rotatable bonds is 2. The monoisotopic (exact) mass is 555 g/mol. The Kier molecular flexibility index (Phi) is 4.86. The molecule has 0 saturated heterocycles. The molecule has 2 nitrogen and oxygen atoms in total. The van der Waals surface area contributed by atoms with Crippen LogP contribution in [-0.4, -0.2) is 13.4 Å². The number of para-hydroxylation sites is 5. The van der Waals surface area contributed by atoms with Gasteiger partial charge in [0.2, 0.25) is 0 Å². The van der Waals surface area contributed by atoms with E-state index >= 15 is 0 Å². The largest absolute Gasteiger partial charge is 0.456 e. The topological polar surface area (TPSA) is 14.2 Å². The maximum Gasteiger partial charge on any atom is 0.140 e. The lowest BCUT2D eigenvalue weighted by molar-refractivity contribution is 0.435. The lowest BCUT2D eigenvalue weighted by Gasteiger charge is -2.45. The number of benzene rings is 6. The third-order valence-corrected chi connectivity index (χ3v) is 11.2. The molecule has 1 aromatic heterocycles. The second-order valence-corrected chi connectivity index (χ2v) is 14.9. The highest BCUT2D eigenvalue weighted by molar-refractivity contribution is 6.70. The minimum absolute atomic E-state index is 0.536. The Morgan fingerprint density at radius 2 is 1.24 bits per heavy atom. The van der Waals surface area contributed by atoms with Gasteiger partial charge in [-0.2, -0.15) is 0 Å². The number of ether oxygens (including phenoxy) is 1. The van der Waals surface area contributed by atoms with E-state index in [1.165, 1.54) is 60.5 Å². The Hall–Kier alpha value is -4.86. The lowest BCUT2D eigenvalue weighted by Crippen LogP contribution is -2.37. The Morgan fingerprint density at radius 1 is 0.571 bits per heavy atom. The lowest BCUT2D eigenvalue weighted by atomic mass is 9.61. The number of fused-ring (bicyclic) bond motifs is 11. The average molecular weight is 556 g/mol. The van der Waals surface area contributed by atoms with E-state index in [0.29, 0.717) is 0 Å². The van der Waals surface area contributed by atoms with Crippen LogP contribution in [0.5, 0.6) is 11.5 Å². The summed E-state index contributed by atoms with van der Waals surface area (Å²) in [5.41, 5.74) is 10.5. The molecule has 0 saturated carbocycles. The van der Waals surface area contributed by atoms with Crippen LogP contribution >= 0.6 is 0 Å². The second-order valence-electron chi connectivity index (χ2n) is 11.9. The molecule has 0 fully saturated rings. The van der Waals surface area contributed by atoms with Gasteiger partial charge in [0.15, 0.2) is 0 Å². The van der Waals surface area contributed by atoms with Crippen molar-refractivity contribution in [3.63, 3.8) is 0 Å². The fourth-order valence-electron chi connectivity index (χ4n) is 7.62. The molecule has 0 N–H and O–H groups in total. The van der Waals surface area contributed by atoms with Gasteiger partial charge < -0.3 is 9.30 Å². The van der Waals surface area contributed by atoms with E-state index in [1.807, 2.05) is 0 Å². The Morgan fingerprint density at radius 3 is 2.10 bits per heavy atom. The Labute approximate surface area is 247 Å². The van der Waals surface area contributed by atoms with Gasteiger partial charge in [0.1, 0.15) is 11.5 Å². The van der Waals surface area contributed by atoms with Crippen molar-refractivity contribution in [2.75, 3.05) is 0 Å². The van der Waals surface area contributed by atoms with Crippen molar-refractivity contribution in [1.82, 2.24) is 4.57 Å². The molecule has 0 aliphatic carbocycles. The molecule has 9 rings (SSSR count).